The highest BCUT2D eigenvalue weighted by Crippen LogP contribution is 2.39. The van der Waals surface area contributed by atoms with Crippen molar-refractivity contribution in [3.63, 3.8) is 0 Å². The summed E-state index contributed by atoms with van der Waals surface area (Å²) in [7, 11) is 0. The summed E-state index contributed by atoms with van der Waals surface area (Å²) in [5, 5.41) is 0. The molecule has 0 N–H and O–H groups in total. The van der Waals surface area contributed by atoms with E-state index >= 15 is 0 Å². The molecule has 6 heteroatoms. The number of nitrogens with zero attached hydrogens (tertiary/aromatic N) is 2. The van der Waals surface area contributed by atoms with Crippen LogP contribution < -0.4 is 14.5 Å². The standard InChI is InChI=1S/C42H44N2O4/c1-41(2,3)31-17-19-34(20-18-31)43(32-13-9-7-10-14-32)35-21-23-36(24-22-35)44(33-15-11-8-12-16-33)37-25-27-38(28-26-37)47-39(45)29-30-40(46)48-42(4,5)6/h7-28H,29-30H2,1-6H3. The molecule has 0 bridgehead atoms. The Morgan fingerprint density at radius 1 is 0.479 bits per heavy atom. The van der Waals surface area contributed by atoms with E-state index in [1.165, 1.54) is 5.56 Å². The van der Waals surface area contributed by atoms with Gasteiger partial charge in [-0.05, 0) is 117 Å². The summed E-state index contributed by atoms with van der Waals surface area (Å²) in [6.45, 7) is 12.1. The molecule has 5 aromatic carbocycles. The highest BCUT2D eigenvalue weighted by Gasteiger charge is 2.20. The average Bonchev–Trinajstić information content (AvgIpc) is 3.06. The van der Waals surface area contributed by atoms with Gasteiger partial charge in [0.2, 0.25) is 0 Å². The van der Waals surface area contributed by atoms with Crippen LogP contribution in [0.2, 0.25) is 0 Å². The maximum atomic E-state index is 12.5. The predicted molar refractivity (Wildman–Crippen MR) is 195 cm³/mol. The van der Waals surface area contributed by atoms with Gasteiger partial charge in [0.05, 0.1) is 12.8 Å². The third-order valence-electron chi connectivity index (χ3n) is 7.67. The first-order valence-corrected chi connectivity index (χ1v) is 16.3. The fourth-order valence-electron chi connectivity index (χ4n) is 5.35. The van der Waals surface area contributed by atoms with Gasteiger partial charge in [0, 0.05) is 34.1 Å². The van der Waals surface area contributed by atoms with Crippen LogP contribution in [0.15, 0.2) is 133 Å². The van der Waals surface area contributed by atoms with Crippen LogP contribution in [0.1, 0.15) is 59.9 Å². The molecule has 0 atom stereocenters. The van der Waals surface area contributed by atoms with Gasteiger partial charge in [-0.1, -0.05) is 69.3 Å². The van der Waals surface area contributed by atoms with Crippen molar-refractivity contribution < 1.29 is 19.1 Å². The normalized spacial score (nSPS) is 11.5. The molecule has 0 aromatic heterocycles. The molecule has 0 aliphatic rings. The molecule has 5 aromatic rings. The fourth-order valence-corrected chi connectivity index (χ4v) is 5.35. The number of hydrogen-bond donors (Lipinski definition) is 0. The molecule has 246 valence electrons. The number of anilines is 6. The molecule has 5 rings (SSSR count). The number of benzene rings is 5. The Bertz CT molecular complexity index is 1790. The zero-order chi connectivity index (χ0) is 34.3. The number of hydrogen-bond acceptors (Lipinski definition) is 6. The first-order valence-electron chi connectivity index (χ1n) is 16.3. The highest BCUT2D eigenvalue weighted by atomic mass is 16.6. The Kier molecular flexibility index (Phi) is 10.3. The molecule has 0 aliphatic heterocycles. The molecule has 0 unspecified atom stereocenters. The van der Waals surface area contributed by atoms with Gasteiger partial charge < -0.3 is 19.3 Å². The van der Waals surface area contributed by atoms with Gasteiger partial charge in [-0.25, -0.2) is 0 Å². The minimum absolute atomic E-state index is 0.0318. The quantitative estimate of drug-likeness (QED) is 0.112. The lowest BCUT2D eigenvalue weighted by atomic mass is 9.87. The maximum Gasteiger partial charge on any atom is 0.311 e. The smallest absolute Gasteiger partial charge is 0.311 e. The lowest BCUT2D eigenvalue weighted by Gasteiger charge is -2.29. The van der Waals surface area contributed by atoms with Crippen LogP contribution in [-0.4, -0.2) is 17.5 Å². The first-order chi connectivity index (χ1) is 22.9. The van der Waals surface area contributed by atoms with E-state index in [0.717, 1.165) is 34.1 Å². The molecule has 0 saturated carbocycles. The van der Waals surface area contributed by atoms with Crippen molar-refractivity contribution in [1.29, 1.82) is 0 Å². The van der Waals surface area contributed by atoms with Crippen LogP contribution >= 0.6 is 0 Å². The van der Waals surface area contributed by atoms with E-state index in [9.17, 15) is 9.59 Å². The second-order valence-corrected chi connectivity index (χ2v) is 13.7. The SMILES string of the molecule is CC(C)(C)OC(=O)CCC(=O)Oc1ccc(N(c2ccccc2)c2ccc(N(c3ccccc3)c3ccc(C(C)(C)C)cc3)cc2)cc1. The molecule has 0 amide bonds. The molecule has 6 nitrogen and oxygen atoms in total. The summed E-state index contributed by atoms with van der Waals surface area (Å²) < 4.78 is 10.8. The molecule has 0 spiro atoms. The van der Waals surface area contributed by atoms with Crippen molar-refractivity contribution in [1.82, 2.24) is 0 Å². The topological polar surface area (TPSA) is 59.1 Å². The number of carbonyl (C=O) groups excluding carboxylic acids is 2. The number of rotatable bonds is 10. The van der Waals surface area contributed by atoms with E-state index in [4.69, 9.17) is 9.47 Å². The summed E-state index contributed by atoms with van der Waals surface area (Å²) in [4.78, 5) is 28.9. The zero-order valence-corrected chi connectivity index (χ0v) is 28.6. The van der Waals surface area contributed by atoms with Crippen molar-refractivity contribution in [2.24, 2.45) is 0 Å². The zero-order valence-electron chi connectivity index (χ0n) is 28.6. The largest absolute Gasteiger partial charge is 0.460 e. The van der Waals surface area contributed by atoms with Gasteiger partial charge in [-0.3, -0.25) is 9.59 Å². The predicted octanol–water partition coefficient (Wildman–Crippen LogP) is 11.0. The molecule has 0 heterocycles. The van der Waals surface area contributed by atoms with Crippen LogP contribution in [0, 0.1) is 0 Å². The summed E-state index contributed by atoms with van der Waals surface area (Å²) in [6.07, 6.45) is -0.0875. The van der Waals surface area contributed by atoms with E-state index in [2.05, 4.69) is 116 Å². The lowest BCUT2D eigenvalue weighted by Crippen LogP contribution is -2.24. The van der Waals surface area contributed by atoms with Crippen molar-refractivity contribution in [2.45, 2.75) is 65.4 Å². The number of ether oxygens (including phenoxy) is 2. The lowest BCUT2D eigenvalue weighted by molar-refractivity contribution is -0.156. The minimum Gasteiger partial charge on any atom is -0.460 e. The molecule has 0 aliphatic carbocycles. The fraction of sp³-hybridized carbons (Fsp3) is 0.238. The highest BCUT2D eigenvalue weighted by molar-refractivity contribution is 5.82. The van der Waals surface area contributed by atoms with Gasteiger partial charge in [0.1, 0.15) is 11.4 Å². The number of carbonyl (C=O) groups is 2. The van der Waals surface area contributed by atoms with Gasteiger partial charge in [0.15, 0.2) is 0 Å². The van der Waals surface area contributed by atoms with Crippen molar-refractivity contribution in [3.05, 3.63) is 139 Å². The van der Waals surface area contributed by atoms with Crippen LogP contribution in [0.5, 0.6) is 5.75 Å². The maximum absolute atomic E-state index is 12.5. The monoisotopic (exact) mass is 640 g/mol. The van der Waals surface area contributed by atoms with E-state index in [-0.39, 0.29) is 18.3 Å². The van der Waals surface area contributed by atoms with Gasteiger partial charge >= 0.3 is 11.9 Å². The molecule has 48 heavy (non-hydrogen) atoms. The number of esters is 2. The van der Waals surface area contributed by atoms with Crippen molar-refractivity contribution in [2.75, 3.05) is 9.80 Å². The molecule has 0 saturated heterocycles. The van der Waals surface area contributed by atoms with Gasteiger partial charge in [-0.15, -0.1) is 0 Å². The third kappa shape index (κ3) is 8.91. The van der Waals surface area contributed by atoms with Crippen LogP contribution in [-0.2, 0) is 19.7 Å². The third-order valence-corrected chi connectivity index (χ3v) is 7.67. The molecular formula is C42H44N2O4. The Hall–Kier alpha value is -5.36. The van der Waals surface area contributed by atoms with Crippen LogP contribution in [0.4, 0.5) is 34.1 Å². The van der Waals surface area contributed by atoms with Gasteiger partial charge in [-0.2, -0.15) is 0 Å². The first kappa shape index (κ1) is 34.0. The summed E-state index contributed by atoms with van der Waals surface area (Å²) in [5.74, 6) is -0.503. The Balaban J connectivity index is 1.39. The molecular weight excluding hydrogens is 596 g/mol. The number of para-hydroxylation sites is 2. The average molecular weight is 641 g/mol. The van der Waals surface area contributed by atoms with Gasteiger partial charge in [0.25, 0.3) is 0 Å². The second kappa shape index (κ2) is 14.6. The second-order valence-electron chi connectivity index (χ2n) is 13.7. The Morgan fingerprint density at radius 3 is 1.23 bits per heavy atom. The Morgan fingerprint density at radius 2 is 0.833 bits per heavy atom. The van der Waals surface area contributed by atoms with Crippen LogP contribution in [0.25, 0.3) is 0 Å². The van der Waals surface area contributed by atoms with E-state index in [1.807, 2.05) is 36.4 Å². The van der Waals surface area contributed by atoms with Crippen LogP contribution in [0.3, 0.4) is 0 Å². The summed E-state index contributed by atoms with van der Waals surface area (Å²) in [6, 6.07) is 45.2. The minimum atomic E-state index is -0.596. The molecule has 0 radical (unpaired) electrons. The summed E-state index contributed by atoms with van der Waals surface area (Å²) >= 11 is 0. The van der Waals surface area contributed by atoms with Crippen molar-refractivity contribution in [3.8, 4) is 5.75 Å². The molecule has 0 fully saturated rings. The van der Waals surface area contributed by atoms with Crippen molar-refractivity contribution >= 4 is 46.1 Å². The van der Waals surface area contributed by atoms with E-state index < -0.39 is 17.5 Å². The van der Waals surface area contributed by atoms with E-state index in [1.54, 1.807) is 32.9 Å². The van der Waals surface area contributed by atoms with E-state index in [0.29, 0.717) is 5.75 Å². The Labute approximate surface area is 284 Å². The summed E-state index contributed by atoms with van der Waals surface area (Å²) in [5.41, 5.74) is 6.82.